The zero-order valence-electron chi connectivity index (χ0n) is 12.2. The van der Waals surface area contributed by atoms with E-state index < -0.39 is 0 Å². The van der Waals surface area contributed by atoms with Gasteiger partial charge in [0.15, 0.2) is 5.96 Å². The molecule has 0 radical (unpaired) electrons. The summed E-state index contributed by atoms with van der Waals surface area (Å²) in [6.45, 7) is 7.17. The molecule has 0 fully saturated rings. The minimum atomic E-state index is 0. The third kappa shape index (κ3) is 8.13. The third-order valence-electron chi connectivity index (χ3n) is 2.29. The molecule has 118 valence electrons. The lowest BCUT2D eigenvalue weighted by Gasteiger charge is -2.08. The summed E-state index contributed by atoms with van der Waals surface area (Å²) in [7, 11) is 1.56. The molecule has 0 aliphatic rings. The van der Waals surface area contributed by atoms with Crippen molar-refractivity contribution in [2.45, 2.75) is 6.92 Å². The van der Waals surface area contributed by atoms with Crippen molar-refractivity contribution in [2.75, 3.05) is 32.2 Å². The fourth-order valence-corrected chi connectivity index (χ4v) is 1.67. The number of nitrogens with zero attached hydrogens (tertiary/aromatic N) is 1. The molecule has 5 nitrogen and oxygen atoms in total. The topological polar surface area (TPSA) is 68.9 Å². The highest BCUT2D eigenvalue weighted by molar-refractivity contribution is 14.0. The van der Waals surface area contributed by atoms with E-state index in [2.05, 4.69) is 16.9 Å². The number of ether oxygens (including phenoxy) is 2. The first kappa shape index (κ1) is 20.0. The molecule has 1 aromatic rings. The van der Waals surface area contributed by atoms with E-state index in [4.69, 9.17) is 26.8 Å². The van der Waals surface area contributed by atoms with Gasteiger partial charge in [0.05, 0.1) is 31.9 Å². The van der Waals surface area contributed by atoms with E-state index in [0.717, 1.165) is 11.3 Å². The summed E-state index contributed by atoms with van der Waals surface area (Å²) in [5.74, 6) is 0.922. The highest BCUT2D eigenvalue weighted by atomic mass is 127. The van der Waals surface area contributed by atoms with Gasteiger partial charge in [-0.2, -0.15) is 0 Å². The van der Waals surface area contributed by atoms with Crippen molar-refractivity contribution >= 4 is 47.2 Å². The van der Waals surface area contributed by atoms with Crippen LogP contribution in [-0.2, 0) is 4.74 Å². The molecule has 0 aliphatic carbocycles. The van der Waals surface area contributed by atoms with Crippen molar-refractivity contribution < 1.29 is 9.47 Å². The number of hydrogen-bond acceptors (Lipinski definition) is 3. The van der Waals surface area contributed by atoms with Crippen LogP contribution in [0.5, 0.6) is 5.75 Å². The van der Waals surface area contributed by atoms with E-state index in [9.17, 15) is 0 Å². The third-order valence-corrected chi connectivity index (χ3v) is 2.59. The highest BCUT2D eigenvalue weighted by Gasteiger charge is 2.02. The van der Waals surface area contributed by atoms with Gasteiger partial charge in [0.2, 0.25) is 0 Å². The lowest BCUT2D eigenvalue weighted by molar-refractivity contribution is 0.165. The molecular weight excluding hydrogens is 405 g/mol. The number of guanidine groups is 1. The smallest absolute Gasteiger partial charge is 0.193 e. The molecule has 0 spiro atoms. The summed E-state index contributed by atoms with van der Waals surface area (Å²) in [4.78, 5) is 4.14. The van der Waals surface area contributed by atoms with Gasteiger partial charge in [0, 0.05) is 5.69 Å². The molecule has 0 bridgehead atoms. The lowest BCUT2D eigenvalue weighted by atomic mass is 10.3. The number of anilines is 1. The number of rotatable bonds is 7. The standard InChI is InChI=1S/C14H20ClN3O2.HI/c1-10(2)9-20-7-6-17-14(16)18-11-4-5-13(19-3)12(15)8-11;/h4-5,8H,1,6-7,9H2,2-3H3,(H3,16,17,18);1H. The van der Waals surface area contributed by atoms with Crippen molar-refractivity contribution in [3.63, 3.8) is 0 Å². The summed E-state index contributed by atoms with van der Waals surface area (Å²) in [6, 6.07) is 5.29. The summed E-state index contributed by atoms with van der Waals surface area (Å²) in [5, 5.41) is 3.46. The molecular formula is C14H21ClIN3O2. The molecule has 0 atom stereocenters. The number of aliphatic imine (C=N–C) groups is 1. The quantitative estimate of drug-likeness (QED) is 0.231. The predicted octanol–water partition coefficient (Wildman–Crippen LogP) is 3.29. The van der Waals surface area contributed by atoms with Crippen LogP contribution in [-0.4, -0.2) is 32.8 Å². The van der Waals surface area contributed by atoms with Gasteiger partial charge in [-0.15, -0.1) is 24.0 Å². The Labute approximate surface area is 147 Å². The van der Waals surface area contributed by atoms with Crippen molar-refractivity contribution in [1.29, 1.82) is 0 Å². The summed E-state index contributed by atoms with van der Waals surface area (Å²) < 4.78 is 10.4. The predicted molar refractivity (Wildman–Crippen MR) is 99.2 cm³/mol. The summed E-state index contributed by atoms with van der Waals surface area (Å²) in [6.07, 6.45) is 0. The van der Waals surface area contributed by atoms with Crippen LogP contribution in [0.3, 0.4) is 0 Å². The molecule has 7 heteroatoms. The highest BCUT2D eigenvalue weighted by Crippen LogP contribution is 2.26. The van der Waals surface area contributed by atoms with Crippen LogP contribution in [0.1, 0.15) is 6.92 Å². The molecule has 3 N–H and O–H groups in total. The van der Waals surface area contributed by atoms with Gasteiger partial charge in [-0.25, -0.2) is 0 Å². The SMILES string of the molecule is C=C(C)COCCN=C(N)Nc1ccc(OC)c(Cl)c1.I. The number of nitrogens with two attached hydrogens (primary N) is 1. The molecule has 0 heterocycles. The fourth-order valence-electron chi connectivity index (χ4n) is 1.41. The second kappa shape index (κ2) is 10.7. The number of benzene rings is 1. The van der Waals surface area contributed by atoms with E-state index in [1.165, 1.54) is 0 Å². The molecule has 1 aromatic carbocycles. The molecule has 1 rings (SSSR count). The van der Waals surface area contributed by atoms with Crippen molar-refractivity contribution in [2.24, 2.45) is 10.7 Å². The maximum atomic E-state index is 6.01. The van der Waals surface area contributed by atoms with Crippen molar-refractivity contribution in [3.05, 3.63) is 35.4 Å². The molecule has 0 aromatic heterocycles. The van der Waals surface area contributed by atoms with Crippen LogP contribution < -0.4 is 15.8 Å². The number of hydrogen-bond donors (Lipinski definition) is 2. The first-order chi connectivity index (χ1) is 9.52. The summed E-state index contributed by atoms with van der Waals surface area (Å²) in [5.41, 5.74) is 7.49. The monoisotopic (exact) mass is 425 g/mol. The number of methoxy groups -OCH3 is 1. The minimum Gasteiger partial charge on any atom is -0.495 e. The average Bonchev–Trinajstić information content (AvgIpc) is 2.38. The van der Waals surface area contributed by atoms with Crippen LogP contribution in [0.25, 0.3) is 0 Å². The lowest BCUT2D eigenvalue weighted by Crippen LogP contribution is -2.23. The van der Waals surface area contributed by atoms with Gasteiger partial charge < -0.3 is 20.5 Å². The van der Waals surface area contributed by atoms with Crippen LogP contribution in [0.4, 0.5) is 5.69 Å². The van der Waals surface area contributed by atoms with Gasteiger partial charge in [0.1, 0.15) is 5.75 Å². The Morgan fingerprint density at radius 1 is 1.48 bits per heavy atom. The van der Waals surface area contributed by atoms with E-state index >= 15 is 0 Å². The Hall–Kier alpha value is -0.990. The molecule has 0 saturated carbocycles. The molecule has 0 saturated heterocycles. The Bertz CT molecular complexity index is 495. The Morgan fingerprint density at radius 3 is 2.76 bits per heavy atom. The van der Waals surface area contributed by atoms with E-state index in [0.29, 0.717) is 36.5 Å². The maximum absolute atomic E-state index is 6.01. The van der Waals surface area contributed by atoms with Gasteiger partial charge in [-0.1, -0.05) is 23.8 Å². The van der Waals surface area contributed by atoms with Gasteiger partial charge >= 0.3 is 0 Å². The Balaban J connectivity index is 0.00000400. The van der Waals surface area contributed by atoms with Gasteiger partial charge in [0.25, 0.3) is 0 Å². The molecule has 21 heavy (non-hydrogen) atoms. The van der Waals surface area contributed by atoms with Crippen LogP contribution in [0.2, 0.25) is 5.02 Å². The van der Waals surface area contributed by atoms with Gasteiger partial charge in [-0.05, 0) is 25.1 Å². The summed E-state index contributed by atoms with van der Waals surface area (Å²) >= 11 is 6.01. The van der Waals surface area contributed by atoms with Gasteiger partial charge in [-0.3, -0.25) is 4.99 Å². The second-order valence-corrected chi connectivity index (χ2v) is 4.66. The largest absolute Gasteiger partial charge is 0.495 e. The van der Waals surface area contributed by atoms with Crippen molar-refractivity contribution in [1.82, 2.24) is 0 Å². The van der Waals surface area contributed by atoms with E-state index in [-0.39, 0.29) is 24.0 Å². The number of halogens is 2. The normalized spacial score (nSPS) is 10.7. The first-order valence-electron chi connectivity index (χ1n) is 6.15. The Morgan fingerprint density at radius 2 is 2.19 bits per heavy atom. The maximum Gasteiger partial charge on any atom is 0.193 e. The zero-order valence-corrected chi connectivity index (χ0v) is 15.3. The molecule has 0 amide bonds. The zero-order chi connectivity index (χ0) is 15.0. The average molecular weight is 426 g/mol. The first-order valence-corrected chi connectivity index (χ1v) is 6.53. The van der Waals surface area contributed by atoms with Crippen molar-refractivity contribution in [3.8, 4) is 5.75 Å². The Kier molecular flexibility index (Phi) is 10.2. The van der Waals surface area contributed by atoms with E-state index in [1.807, 2.05) is 13.0 Å². The van der Waals surface area contributed by atoms with Crippen LogP contribution in [0.15, 0.2) is 35.3 Å². The van der Waals surface area contributed by atoms with Crippen LogP contribution in [0, 0.1) is 0 Å². The fraction of sp³-hybridized carbons (Fsp3) is 0.357. The molecule has 0 unspecified atom stereocenters. The van der Waals surface area contributed by atoms with Crippen LogP contribution >= 0.6 is 35.6 Å². The second-order valence-electron chi connectivity index (χ2n) is 4.25. The minimum absolute atomic E-state index is 0. The van der Waals surface area contributed by atoms with E-state index in [1.54, 1.807) is 19.2 Å². The molecule has 0 aliphatic heterocycles. The number of nitrogens with one attached hydrogen (secondary N) is 1.